The molecule has 0 aromatic heterocycles. The third-order valence-electron chi connectivity index (χ3n) is 3.79. The summed E-state index contributed by atoms with van der Waals surface area (Å²) in [5, 5.41) is 19.2. The topological polar surface area (TPSA) is 113 Å². The molecule has 3 unspecified atom stereocenters. The lowest BCUT2D eigenvalue weighted by Gasteiger charge is -2.45. The molecule has 1 rings (SSSR count). The van der Waals surface area contributed by atoms with Crippen LogP contribution in [0.3, 0.4) is 0 Å². The predicted molar refractivity (Wildman–Crippen MR) is 81.4 cm³/mol. The summed E-state index contributed by atoms with van der Waals surface area (Å²) < 4.78 is 5.38. The summed E-state index contributed by atoms with van der Waals surface area (Å²) in [6.45, 7) is 9.70. The van der Waals surface area contributed by atoms with Gasteiger partial charge in [0.25, 0.3) is 0 Å². The fourth-order valence-electron chi connectivity index (χ4n) is 2.61. The van der Waals surface area contributed by atoms with Crippen molar-refractivity contribution in [1.29, 1.82) is 0 Å². The van der Waals surface area contributed by atoms with Crippen molar-refractivity contribution in [2.45, 2.75) is 71.2 Å². The Labute approximate surface area is 131 Å². The van der Waals surface area contributed by atoms with Crippen molar-refractivity contribution in [3.05, 3.63) is 0 Å². The van der Waals surface area contributed by atoms with Gasteiger partial charge in [-0.2, -0.15) is 0 Å². The van der Waals surface area contributed by atoms with Gasteiger partial charge in [-0.3, -0.25) is 4.79 Å². The van der Waals surface area contributed by atoms with Crippen LogP contribution in [0.15, 0.2) is 0 Å². The van der Waals surface area contributed by atoms with E-state index in [0.717, 1.165) is 6.42 Å². The number of aliphatic carboxylic acids is 1. The van der Waals surface area contributed by atoms with Crippen LogP contribution < -0.4 is 5.73 Å². The monoisotopic (exact) mass is 316 g/mol. The molecule has 1 heterocycles. The van der Waals surface area contributed by atoms with E-state index in [9.17, 15) is 14.7 Å². The first-order valence-corrected chi connectivity index (χ1v) is 7.50. The van der Waals surface area contributed by atoms with Crippen LogP contribution in [0.1, 0.15) is 47.5 Å². The zero-order chi connectivity index (χ0) is 17.3. The van der Waals surface area contributed by atoms with E-state index in [-0.39, 0.29) is 5.41 Å². The summed E-state index contributed by atoms with van der Waals surface area (Å²) >= 11 is 0. The second kappa shape index (κ2) is 6.42. The molecule has 7 nitrogen and oxygen atoms in total. The van der Waals surface area contributed by atoms with E-state index in [1.807, 2.05) is 13.8 Å². The number of aliphatic hydroxyl groups is 1. The maximum Gasteiger partial charge on any atom is 0.410 e. The highest BCUT2D eigenvalue weighted by Crippen LogP contribution is 2.34. The molecule has 0 aromatic rings. The second-order valence-electron chi connectivity index (χ2n) is 7.73. The zero-order valence-electron chi connectivity index (χ0n) is 14.0. The molecule has 1 saturated heterocycles. The van der Waals surface area contributed by atoms with Crippen LogP contribution in [0.4, 0.5) is 4.79 Å². The first kappa shape index (κ1) is 18.7. The van der Waals surface area contributed by atoms with Crippen molar-refractivity contribution in [2.75, 3.05) is 6.54 Å². The minimum Gasteiger partial charge on any atom is -0.480 e. The van der Waals surface area contributed by atoms with Crippen LogP contribution in [-0.4, -0.2) is 57.5 Å². The lowest BCUT2D eigenvalue weighted by molar-refractivity contribution is -0.143. The van der Waals surface area contributed by atoms with Crippen LogP contribution in [0.25, 0.3) is 0 Å². The number of carboxylic acid groups (broad SMARTS) is 1. The summed E-state index contributed by atoms with van der Waals surface area (Å²) in [5.74, 6) is -1.29. The van der Waals surface area contributed by atoms with E-state index in [1.54, 1.807) is 20.8 Å². The molecule has 0 aromatic carbocycles. The van der Waals surface area contributed by atoms with Gasteiger partial charge in [0.05, 0.1) is 6.04 Å². The first-order chi connectivity index (χ1) is 9.84. The summed E-state index contributed by atoms with van der Waals surface area (Å²) in [6.07, 6.45) is -0.641. The Morgan fingerprint density at radius 3 is 2.36 bits per heavy atom. The number of hydrogen-bond donors (Lipinski definition) is 3. The molecule has 0 spiro atoms. The molecule has 128 valence electrons. The maximum absolute atomic E-state index is 12.4. The number of piperidine rings is 1. The number of carbonyl (C=O) groups excluding carboxylic acids is 1. The number of amides is 1. The number of rotatable bonds is 3. The van der Waals surface area contributed by atoms with E-state index in [0.29, 0.717) is 13.0 Å². The largest absolute Gasteiger partial charge is 0.480 e. The second-order valence-corrected chi connectivity index (χ2v) is 7.73. The van der Waals surface area contributed by atoms with Gasteiger partial charge in [-0.05, 0) is 39.0 Å². The number of carboxylic acids is 1. The number of aliphatic hydroxyl groups excluding tert-OH is 1. The number of carbonyl (C=O) groups is 2. The Morgan fingerprint density at radius 1 is 1.36 bits per heavy atom. The number of nitrogens with two attached hydrogens (primary N) is 1. The average molecular weight is 316 g/mol. The average Bonchev–Trinajstić information content (AvgIpc) is 2.33. The van der Waals surface area contributed by atoms with E-state index >= 15 is 0 Å². The fraction of sp³-hybridized carbons (Fsp3) is 0.867. The number of likely N-dealkylation sites (tertiary alicyclic amines) is 1. The molecule has 4 N–H and O–H groups in total. The molecule has 0 bridgehead atoms. The van der Waals surface area contributed by atoms with Gasteiger partial charge in [-0.15, -0.1) is 0 Å². The Balaban J connectivity index is 2.98. The van der Waals surface area contributed by atoms with Crippen LogP contribution in [0.2, 0.25) is 0 Å². The molecule has 3 atom stereocenters. The highest BCUT2D eigenvalue weighted by Gasteiger charge is 2.43. The highest BCUT2D eigenvalue weighted by molar-refractivity contribution is 5.74. The van der Waals surface area contributed by atoms with Gasteiger partial charge in [0, 0.05) is 6.54 Å². The maximum atomic E-state index is 12.4. The minimum absolute atomic E-state index is 0.125. The number of ether oxygens (including phenoxy) is 1. The standard InChI is InChI=1S/C15H28N2O5/c1-14(2,3)22-13(21)17-8-15(4,5)7-6-9(17)11(18)10(16)12(19)20/h9-11,18H,6-8,16H2,1-5H3,(H,19,20). The molecular formula is C15H28N2O5. The minimum atomic E-state index is -1.43. The van der Waals surface area contributed by atoms with Gasteiger partial charge in [0.15, 0.2) is 0 Å². The molecule has 0 aliphatic carbocycles. The van der Waals surface area contributed by atoms with Crippen LogP contribution in [0.5, 0.6) is 0 Å². The molecule has 0 radical (unpaired) electrons. The number of hydrogen-bond acceptors (Lipinski definition) is 5. The first-order valence-electron chi connectivity index (χ1n) is 7.50. The summed E-state index contributed by atoms with van der Waals surface area (Å²) in [4.78, 5) is 24.8. The smallest absolute Gasteiger partial charge is 0.410 e. The Bertz CT molecular complexity index is 430. The van der Waals surface area contributed by atoms with Gasteiger partial charge >= 0.3 is 12.1 Å². The fourth-order valence-corrected chi connectivity index (χ4v) is 2.61. The van der Waals surface area contributed by atoms with Crippen molar-refractivity contribution in [2.24, 2.45) is 11.1 Å². The Hall–Kier alpha value is -1.34. The van der Waals surface area contributed by atoms with Gasteiger partial charge in [0.1, 0.15) is 17.7 Å². The van der Waals surface area contributed by atoms with Gasteiger partial charge in [-0.1, -0.05) is 13.8 Å². The third-order valence-corrected chi connectivity index (χ3v) is 3.79. The van der Waals surface area contributed by atoms with Crippen molar-refractivity contribution in [3.8, 4) is 0 Å². The van der Waals surface area contributed by atoms with Gasteiger partial charge in [0.2, 0.25) is 0 Å². The highest BCUT2D eigenvalue weighted by atomic mass is 16.6. The van der Waals surface area contributed by atoms with Crippen molar-refractivity contribution >= 4 is 12.1 Å². The van der Waals surface area contributed by atoms with Crippen LogP contribution >= 0.6 is 0 Å². The molecule has 1 fully saturated rings. The quantitative estimate of drug-likeness (QED) is 0.720. The van der Waals surface area contributed by atoms with Crippen molar-refractivity contribution in [1.82, 2.24) is 4.90 Å². The van der Waals surface area contributed by atoms with Crippen molar-refractivity contribution < 1.29 is 24.5 Å². The zero-order valence-corrected chi connectivity index (χ0v) is 14.0. The van der Waals surface area contributed by atoms with Gasteiger partial charge < -0.3 is 25.6 Å². The Kier molecular flexibility index (Phi) is 5.46. The molecule has 1 aliphatic rings. The molecule has 22 heavy (non-hydrogen) atoms. The van der Waals surface area contributed by atoms with E-state index in [1.165, 1.54) is 4.90 Å². The molecule has 1 aliphatic heterocycles. The summed E-state index contributed by atoms with van der Waals surface area (Å²) in [7, 11) is 0. The SMILES string of the molecule is CC1(C)CCC(C(O)C(N)C(=O)O)N(C(=O)OC(C)(C)C)C1. The van der Waals surface area contributed by atoms with E-state index < -0.39 is 35.9 Å². The molecular weight excluding hydrogens is 288 g/mol. The predicted octanol–water partition coefficient (Wildman–Crippen LogP) is 1.18. The van der Waals surface area contributed by atoms with E-state index in [4.69, 9.17) is 15.6 Å². The summed E-state index contributed by atoms with van der Waals surface area (Å²) in [6, 6.07) is -2.09. The summed E-state index contributed by atoms with van der Waals surface area (Å²) in [5.41, 5.74) is 4.73. The molecule has 0 saturated carbocycles. The normalized spacial score (nSPS) is 24.5. The number of nitrogens with zero attached hydrogens (tertiary/aromatic N) is 1. The lowest BCUT2D eigenvalue weighted by Crippen LogP contribution is -2.60. The third kappa shape index (κ3) is 4.84. The Morgan fingerprint density at radius 2 is 1.91 bits per heavy atom. The molecule has 1 amide bonds. The van der Waals surface area contributed by atoms with Crippen molar-refractivity contribution in [3.63, 3.8) is 0 Å². The van der Waals surface area contributed by atoms with Crippen LogP contribution in [0, 0.1) is 5.41 Å². The lowest BCUT2D eigenvalue weighted by atomic mass is 9.79. The van der Waals surface area contributed by atoms with Crippen LogP contribution in [-0.2, 0) is 9.53 Å². The van der Waals surface area contributed by atoms with Gasteiger partial charge in [-0.25, -0.2) is 4.79 Å². The molecule has 7 heteroatoms. The van der Waals surface area contributed by atoms with E-state index in [2.05, 4.69) is 0 Å².